The fraction of sp³-hybridized carbons (Fsp3) is 0.733. The van der Waals surface area contributed by atoms with Crippen LogP contribution in [-0.4, -0.2) is 33.4 Å². The molecule has 0 bridgehead atoms. The van der Waals surface area contributed by atoms with Crippen LogP contribution in [0, 0.1) is 0 Å². The van der Waals surface area contributed by atoms with E-state index in [0.717, 1.165) is 19.3 Å². The van der Waals surface area contributed by atoms with Gasteiger partial charge in [0, 0.05) is 17.6 Å². The van der Waals surface area contributed by atoms with E-state index in [1.807, 2.05) is 4.90 Å². The van der Waals surface area contributed by atoms with E-state index in [-0.39, 0.29) is 17.5 Å². The van der Waals surface area contributed by atoms with Crippen molar-refractivity contribution in [3.63, 3.8) is 0 Å². The van der Waals surface area contributed by atoms with Crippen LogP contribution < -0.4 is 11.1 Å². The number of anilines is 2. The number of thiazole rings is 1. The molecule has 118 valence electrons. The van der Waals surface area contributed by atoms with Crippen LogP contribution in [0.15, 0.2) is 0 Å². The molecule has 0 saturated carbocycles. The van der Waals surface area contributed by atoms with E-state index in [1.54, 1.807) is 0 Å². The van der Waals surface area contributed by atoms with Gasteiger partial charge in [0.2, 0.25) is 0 Å². The summed E-state index contributed by atoms with van der Waals surface area (Å²) in [5, 5.41) is 3.99. The molecular formula is C15H26N4OS. The minimum absolute atomic E-state index is 0.0313. The average molecular weight is 310 g/mol. The van der Waals surface area contributed by atoms with Crippen molar-refractivity contribution in [2.75, 3.05) is 11.1 Å². The number of rotatable bonds is 3. The standard InChI is InChI=1S/C15H26N4OS/c1-6-10-8-7-9(2)19(10)13(20)11-12(16)17-14(21-11)18-15(3,4)5/h9-10H,6-8,16H2,1-5H3,(H,17,18). The van der Waals surface area contributed by atoms with E-state index >= 15 is 0 Å². The zero-order valence-electron chi connectivity index (χ0n) is 13.6. The normalized spacial score (nSPS) is 22.6. The lowest BCUT2D eigenvalue weighted by molar-refractivity contribution is 0.0682. The quantitative estimate of drug-likeness (QED) is 0.898. The maximum Gasteiger partial charge on any atom is 0.268 e. The predicted molar refractivity (Wildman–Crippen MR) is 88.8 cm³/mol. The van der Waals surface area contributed by atoms with Crippen LogP contribution in [0.1, 0.15) is 63.6 Å². The molecule has 2 rings (SSSR count). The fourth-order valence-electron chi connectivity index (χ4n) is 2.82. The highest BCUT2D eigenvalue weighted by Gasteiger charge is 2.35. The molecule has 6 heteroatoms. The maximum absolute atomic E-state index is 12.8. The van der Waals surface area contributed by atoms with Crippen molar-refractivity contribution in [1.29, 1.82) is 0 Å². The third kappa shape index (κ3) is 3.48. The molecule has 0 aliphatic carbocycles. The lowest BCUT2D eigenvalue weighted by Crippen LogP contribution is -2.39. The second-order valence-electron chi connectivity index (χ2n) is 6.81. The minimum Gasteiger partial charge on any atom is -0.382 e. The Morgan fingerprint density at radius 1 is 1.48 bits per heavy atom. The minimum atomic E-state index is -0.0997. The van der Waals surface area contributed by atoms with Gasteiger partial charge < -0.3 is 16.0 Å². The number of nitrogens with one attached hydrogen (secondary N) is 1. The molecular weight excluding hydrogens is 284 g/mol. The number of amides is 1. The highest BCUT2D eigenvalue weighted by atomic mass is 32.1. The number of carbonyl (C=O) groups excluding carboxylic acids is 1. The zero-order chi connectivity index (χ0) is 15.8. The molecule has 3 N–H and O–H groups in total. The Hall–Kier alpha value is -1.30. The molecule has 2 unspecified atom stereocenters. The number of nitrogen functional groups attached to an aromatic ring is 1. The highest BCUT2D eigenvalue weighted by molar-refractivity contribution is 7.18. The van der Waals surface area contributed by atoms with Gasteiger partial charge in [-0.3, -0.25) is 4.79 Å². The summed E-state index contributed by atoms with van der Waals surface area (Å²) in [6, 6.07) is 0.607. The van der Waals surface area contributed by atoms with Gasteiger partial charge in [-0.25, -0.2) is 4.98 Å². The Balaban J connectivity index is 2.23. The van der Waals surface area contributed by atoms with E-state index in [4.69, 9.17) is 5.73 Å². The van der Waals surface area contributed by atoms with Crippen LogP contribution in [0.5, 0.6) is 0 Å². The van der Waals surface area contributed by atoms with Gasteiger partial charge in [0.25, 0.3) is 5.91 Å². The molecule has 2 heterocycles. The van der Waals surface area contributed by atoms with E-state index in [1.165, 1.54) is 11.3 Å². The summed E-state index contributed by atoms with van der Waals surface area (Å²) in [6.07, 6.45) is 3.13. The van der Waals surface area contributed by atoms with Crippen molar-refractivity contribution in [1.82, 2.24) is 9.88 Å². The lowest BCUT2D eigenvalue weighted by Gasteiger charge is -2.27. The maximum atomic E-state index is 12.8. The van der Waals surface area contributed by atoms with E-state index < -0.39 is 0 Å². The molecule has 0 spiro atoms. The Kier molecular flexibility index (Phi) is 4.46. The summed E-state index contributed by atoms with van der Waals surface area (Å²) in [5.41, 5.74) is 5.87. The van der Waals surface area contributed by atoms with Gasteiger partial charge in [0.15, 0.2) is 5.13 Å². The van der Waals surface area contributed by atoms with Gasteiger partial charge in [0.1, 0.15) is 10.7 Å². The van der Waals surface area contributed by atoms with Crippen molar-refractivity contribution < 1.29 is 4.79 Å². The van der Waals surface area contributed by atoms with E-state index in [9.17, 15) is 4.79 Å². The van der Waals surface area contributed by atoms with Gasteiger partial charge in [0.05, 0.1) is 0 Å². The van der Waals surface area contributed by atoms with Crippen molar-refractivity contribution in [3.05, 3.63) is 4.88 Å². The summed E-state index contributed by atoms with van der Waals surface area (Å²) < 4.78 is 0. The summed E-state index contributed by atoms with van der Waals surface area (Å²) in [7, 11) is 0. The molecule has 1 amide bonds. The number of hydrogen-bond donors (Lipinski definition) is 2. The molecule has 0 radical (unpaired) electrons. The molecule has 21 heavy (non-hydrogen) atoms. The molecule has 1 aliphatic rings. The zero-order valence-corrected chi connectivity index (χ0v) is 14.4. The van der Waals surface area contributed by atoms with Gasteiger partial charge >= 0.3 is 0 Å². The van der Waals surface area contributed by atoms with Gasteiger partial charge in [-0.1, -0.05) is 18.3 Å². The average Bonchev–Trinajstić information content (AvgIpc) is 2.89. The first-order chi connectivity index (χ1) is 9.73. The van der Waals surface area contributed by atoms with Gasteiger partial charge in [-0.05, 0) is 47.0 Å². The van der Waals surface area contributed by atoms with E-state index in [2.05, 4.69) is 44.9 Å². The highest BCUT2D eigenvalue weighted by Crippen LogP contribution is 2.33. The third-order valence-electron chi connectivity index (χ3n) is 3.82. The largest absolute Gasteiger partial charge is 0.382 e. The van der Waals surface area contributed by atoms with Crippen LogP contribution in [0.4, 0.5) is 10.9 Å². The third-order valence-corrected chi connectivity index (χ3v) is 4.80. The number of nitrogens with two attached hydrogens (primary N) is 1. The first-order valence-corrected chi connectivity index (χ1v) is 8.41. The molecule has 1 aromatic heterocycles. The SMILES string of the molecule is CCC1CCC(C)N1C(=O)c1sc(NC(C)(C)C)nc1N. The topological polar surface area (TPSA) is 71.2 Å². The molecule has 2 atom stereocenters. The van der Waals surface area contributed by atoms with Crippen LogP contribution in [0.25, 0.3) is 0 Å². The molecule has 1 saturated heterocycles. The summed E-state index contributed by atoms with van der Waals surface area (Å²) in [6.45, 7) is 10.4. The Morgan fingerprint density at radius 3 is 2.71 bits per heavy atom. The molecule has 1 aliphatic heterocycles. The first kappa shape index (κ1) is 16.1. The summed E-state index contributed by atoms with van der Waals surface area (Å²) >= 11 is 1.36. The van der Waals surface area contributed by atoms with Gasteiger partial charge in [-0.2, -0.15) is 0 Å². The molecule has 1 fully saturated rings. The molecule has 0 aromatic carbocycles. The van der Waals surface area contributed by atoms with Crippen molar-refractivity contribution in [2.45, 2.75) is 71.5 Å². The number of nitrogens with zero attached hydrogens (tertiary/aromatic N) is 2. The van der Waals surface area contributed by atoms with Crippen molar-refractivity contribution >= 4 is 28.2 Å². The number of hydrogen-bond acceptors (Lipinski definition) is 5. The fourth-order valence-corrected chi connectivity index (χ4v) is 3.85. The second-order valence-corrected chi connectivity index (χ2v) is 7.81. The smallest absolute Gasteiger partial charge is 0.268 e. The predicted octanol–water partition coefficient (Wildman–Crippen LogP) is 3.34. The Bertz CT molecular complexity index is 520. The monoisotopic (exact) mass is 310 g/mol. The molecule has 1 aromatic rings. The summed E-state index contributed by atoms with van der Waals surface area (Å²) in [5.74, 6) is 0.370. The van der Waals surface area contributed by atoms with Crippen LogP contribution in [0.2, 0.25) is 0 Å². The Morgan fingerprint density at radius 2 is 2.14 bits per heavy atom. The van der Waals surface area contributed by atoms with Crippen molar-refractivity contribution in [2.24, 2.45) is 0 Å². The van der Waals surface area contributed by atoms with E-state index in [0.29, 0.717) is 21.9 Å². The lowest BCUT2D eigenvalue weighted by atomic mass is 10.1. The number of carbonyl (C=O) groups is 1. The Labute approximate surface area is 130 Å². The van der Waals surface area contributed by atoms with Crippen LogP contribution in [-0.2, 0) is 0 Å². The van der Waals surface area contributed by atoms with Crippen LogP contribution >= 0.6 is 11.3 Å². The van der Waals surface area contributed by atoms with Crippen LogP contribution in [0.3, 0.4) is 0 Å². The first-order valence-electron chi connectivity index (χ1n) is 7.60. The number of likely N-dealkylation sites (tertiary alicyclic amines) is 1. The van der Waals surface area contributed by atoms with Crippen molar-refractivity contribution in [3.8, 4) is 0 Å². The number of aromatic nitrogens is 1. The van der Waals surface area contributed by atoms with Gasteiger partial charge in [-0.15, -0.1) is 0 Å². The second kappa shape index (κ2) is 5.83. The molecule has 5 nitrogen and oxygen atoms in total. The summed E-state index contributed by atoms with van der Waals surface area (Å²) in [4.78, 5) is 19.7.